The molecule has 2 aromatic rings. The molecule has 1 N–H and O–H groups in total. The van der Waals surface area contributed by atoms with Gasteiger partial charge in [-0.3, -0.25) is 14.3 Å². The molecule has 0 saturated carbocycles. The maximum atomic E-state index is 14.0. The third-order valence-electron chi connectivity index (χ3n) is 3.70. The number of nitrogens with zero attached hydrogens (tertiary/aromatic N) is 1. The molecule has 1 heterocycles. The van der Waals surface area contributed by atoms with Crippen LogP contribution in [0.4, 0.5) is 8.78 Å². The van der Waals surface area contributed by atoms with Crippen LogP contribution in [-0.2, 0) is 24.3 Å². The van der Waals surface area contributed by atoms with Crippen molar-refractivity contribution in [3.63, 3.8) is 0 Å². The van der Waals surface area contributed by atoms with Gasteiger partial charge in [0.2, 0.25) is 0 Å². The fourth-order valence-electron chi connectivity index (χ4n) is 2.53. The van der Waals surface area contributed by atoms with Gasteiger partial charge in [0.1, 0.15) is 18.4 Å². The number of benzene rings is 1. The Bertz CT molecular complexity index is 900. The van der Waals surface area contributed by atoms with Crippen LogP contribution in [0.15, 0.2) is 39.9 Å². The molecule has 0 atom stereocenters. The highest BCUT2D eigenvalue weighted by molar-refractivity contribution is 5.28. The summed E-state index contributed by atoms with van der Waals surface area (Å²) in [7, 11) is 0. The Morgan fingerprint density at radius 1 is 1.32 bits per heavy atom. The van der Waals surface area contributed by atoms with Crippen LogP contribution in [0.3, 0.4) is 0 Å². The zero-order valence-corrected chi connectivity index (χ0v) is 14.2. The average Bonchev–Trinajstić information content (AvgIpc) is 2.53. The first-order chi connectivity index (χ1) is 11.8. The third-order valence-corrected chi connectivity index (χ3v) is 3.70. The van der Waals surface area contributed by atoms with Gasteiger partial charge in [0.15, 0.2) is 0 Å². The second-order valence-electron chi connectivity index (χ2n) is 5.81. The summed E-state index contributed by atoms with van der Waals surface area (Å²) in [5.74, 6) is -1.20. The number of hydrogen-bond donors (Lipinski definition) is 1. The van der Waals surface area contributed by atoms with Crippen LogP contribution in [0.1, 0.15) is 30.7 Å². The van der Waals surface area contributed by atoms with E-state index in [1.54, 1.807) is 13.8 Å². The Labute approximate surface area is 143 Å². The summed E-state index contributed by atoms with van der Waals surface area (Å²) < 4.78 is 34.1. The molecule has 2 rings (SSSR count). The van der Waals surface area contributed by atoms with E-state index in [1.807, 2.05) is 0 Å². The van der Waals surface area contributed by atoms with Crippen molar-refractivity contribution in [1.82, 2.24) is 9.55 Å². The number of ether oxygens (including phenoxy) is 1. The van der Waals surface area contributed by atoms with Gasteiger partial charge in [-0.05, 0) is 37.1 Å². The van der Waals surface area contributed by atoms with Crippen molar-refractivity contribution in [3.05, 3.63) is 79.6 Å². The van der Waals surface area contributed by atoms with Crippen molar-refractivity contribution >= 4 is 0 Å². The van der Waals surface area contributed by atoms with Gasteiger partial charge in [0.05, 0.1) is 6.61 Å². The van der Waals surface area contributed by atoms with Crippen LogP contribution < -0.4 is 11.2 Å². The SMILES string of the molecule is C=C(C)COCn1c(Cc2cc(F)ccc2F)c(CC)c(=O)[nH]c1=O. The Hall–Kier alpha value is -2.54. The molecule has 0 bridgehead atoms. The minimum atomic E-state index is -0.657. The van der Waals surface area contributed by atoms with E-state index in [9.17, 15) is 18.4 Å². The number of rotatable bonds is 7. The van der Waals surface area contributed by atoms with Crippen LogP contribution in [-0.4, -0.2) is 16.2 Å². The van der Waals surface area contributed by atoms with Crippen molar-refractivity contribution in [2.45, 2.75) is 33.4 Å². The summed E-state index contributed by atoms with van der Waals surface area (Å²) in [6.07, 6.45) is 0.241. The quantitative estimate of drug-likeness (QED) is 0.781. The summed E-state index contributed by atoms with van der Waals surface area (Å²) in [4.78, 5) is 26.5. The lowest BCUT2D eigenvalue weighted by Gasteiger charge is -2.16. The lowest BCUT2D eigenvalue weighted by Crippen LogP contribution is -2.36. The molecule has 0 fully saturated rings. The zero-order chi connectivity index (χ0) is 18.6. The molecule has 25 heavy (non-hydrogen) atoms. The molecule has 0 amide bonds. The average molecular weight is 350 g/mol. The first-order valence-electron chi connectivity index (χ1n) is 7.84. The fourth-order valence-corrected chi connectivity index (χ4v) is 2.53. The highest BCUT2D eigenvalue weighted by Crippen LogP contribution is 2.16. The van der Waals surface area contributed by atoms with E-state index < -0.39 is 22.9 Å². The van der Waals surface area contributed by atoms with Crippen LogP contribution in [0.25, 0.3) is 0 Å². The van der Waals surface area contributed by atoms with Crippen molar-refractivity contribution < 1.29 is 13.5 Å². The van der Waals surface area contributed by atoms with Gasteiger partial charge in [-0.2, -0.15) is 0 Å². The van der Waals surface area contributed by atoms with Gasteiger partial charge in [-0.1, -0.05) is 19.1 Å². The molecule has 0 spiro atoms. The first-order valence-corrected chi connectivity index (χ1v) is 7.84. The van der Waals surface area contributed by atoms with E-state index in [2.05, 4.69) is 11.6 Å². The molecule has 0 aliphatic carbocycles. The smallest absolute Gasteiger partial charge is 0.330 e. The molecule has 7 heteroatoms. The topological polar surface area (TPSA) is 64.1 Å². The predicted molar refractivity (Wildman–Crippen MR) is 90.6 cm³/mol. The van der Waals surface area contributed by atoms with E-state index in [-0.39, 0.29) is 25.3 Å². The number of nitrogens with one attached hydrogen (secondary N) is 1. The minimum Gasteiger partial charge on any atom is -0.356 e. The van der Waals surface area contributed by atoms with Crippen LogP contribution >= 0.6 is 0 Å². The maximum absolute atomic E-state index is 14.0. The largest absolute Gasteiger partial charge is 0.356 e. The molecule has 0 radical (unpaired) electrons. The van der Waals surface area contributed by atoms with Gasteiger partial charge >= 0.3 is 5.69 Å². The van der Waals surface area contributed by atoms with Crippen LogP contribution in [0.5, 0.6) is 0 Å². The van der Waals surface area contributed by atoms with Crippen LogP contribution in [0, 0.1) is 11.6 Å². The normalized spacial score (nSPS) is 10.9. The highest BCUT2D eigenvalue weighted by atomic mass is 19.1. The van der Waals surface area contributed by atoms with Gasteiger partial charge in [0.25, 0.3) is 5.56 Å². The van der Waals surface area contributed by atoms with E-state index in [0.29, 0.717) is 17.7 Å². The number of H-pyrrole nitrogens is 1. The van der Waals surface area contributed by atoms with Crippen LogP contribution in [0.2, 0.25) is 0 Å². The minimum absolute atomic E-state index is 0.0633. The molecular formula is C18H20F2N2O3. The first kappa shape index (κ1) is 18.8. The molecule has 1 aromatic carbocycles. The Kier molecular flexibility index (Phi) is 6.03. The summed E-state index contributed by atoms with van der Waals surface area (Å²) in [6, 6.07) is 3.09. The Balaban J connectivity index is 2.52. The number of halogens is 2. The third kappa shape index (κ3) is 4.51. The zero-order valence-electron chi connectivity index (χ0n) is 14.2. The molecule has 1 aromatic heterocycles. The van der Waals surface area contributed by atoms with Crippen molar-refractivity contribution in [2.75, 3.05) is 6.61 Å². The molecule has 0 saturated heterocycles. The molecule has 5 nitrogen and oxygen atoms in total. The molecule has 0 unspecified atom stereocenters. The standard InChI is InChI=1S/C18H20F2N2O3/c1-4-14-16(8-12-7-13(19)5-6-15(12)20)22(10-25-9-11(2)3)18(24)21-17(14)23/h5-7H,2,4,8-10H2,1,3H3,(H,21,23,24). The summed E-state index contributed by atoms with van der Waals surface area (Å²) in [5.41, 5.74) is 0.287. The summed E-state index contributed by atoms with van der Waals surface area (Å²) >= 11 is 0. The molecule has 134 valence electrons. The number of aromatic nitrogens is 2. The van der Waals surface area contributed by atoms with Crippen molar-refractivity contribution in [3.8, 4) is 0 Å². The lowest BCUT2D eigenvalue weighted by molar-refractivity contribution is 0.0894. The Morgan fingerprint density at radius 3 is 2.68 bits per heavy atom. The lowest BCUT2D eigenvalue weighted by atomic mass is 10.0. The number of aromatic amines is 1. The maximum Gasteiger partial charge on any atom is 0.330 e. The number of hydrogen-bond acceptors (Lipinski definition) is 3. The fraction of sp³-hybridized carbons (Fsp3) is 0.333. The summed E-state index contributed by atoms with van der Waals surface area (Å²) in [6.45, 7) is 7.34. The van der Waals surface area contributed by atoms with Gasteiger partial charge < -0.3 is 4.74 Å². The molecule has 0 aliphatic heterocycles. The summed E-state index contributed by atoms with van der Waals surface area (Å²) in [5, 5.41) is 0. The second kappa shape index (κ2) is 8.02. The van der Waals surface area contributed by atoms with E-state index in [0.717, 1.165) is 23.8 Å². The van der Waals surface area contributed by atoms with E-state index >= 15 is 0 Å². The molecule has 0 aliphatic rings. The van der Waals surface area contributed by atoms with E-state index in [4.69, 9.17) is 4.74 Å². The molecular weight excluding hydrogens is 330 g/mol. The van der Waals surface area contributed by atoms with Gasteiger partial charge in [-0.25, -0.2) is 13.6 Å². The van der Waals surface area contributed by atoms with Crippen molar-refractivity contribution in [2.24, 2.45) is 0 Å². The Morgan fingerprint density at radius 2 is 2.04 bits per heavy atom. The monoisotopic (exact) mass is 350 g/mol. The second-order valence-corrected chi connectivity index (χ2v) is 5.81. The van der Waals surface area contributed by atoms with Gasteiger partial charge in [-0.15, -0.1) is 0 Å². The predicted octanol–water partition coefficient (Wildman–Crippen LogP) is 2.52. The van der Waals surface area contributed by atoms with Crippen molar-refractivity contribution in [1.29, 1.82) is 0 Å². The van der Waals surface area contributed by atoms with Gasteiger partial charge in [0, 0.05) is 17.7 Å². The highest BCUT2D eigenvalue weighted by Gasteiger charge is 2.16. The van der Waals surface area contributed by atoms with E-state index in [1.165, 1.54) is 4.57 Å².